The Kier molecular flexibility index (Phi) is 4.33. The minimum absolute atomic E-state index is 0.143. The molecule has 102 valence electrons. The topological polar surface area (TPSA) is 73.0 Å². The number of hydrogen-bond donors (Lipinski definition) is 2. The Labute approximate surface area is 121 Å². The summed E-state index contributed by atoms with van der Waals surface area (Å²) in [5.41, 5.74) is 6.33. The number of imidazole rings is 1. The summed E-state index contributed by atoms with van der Waals surface area (Å²) in [6, 6.07) is 3.01. The molecule has 1 heterocycles. The summed E-state index contributed by atoms with van der Waals surface area (Å²) >= 11 is 8.28. The van der Waals surface area contributed by atoms with Gasteiger partial charge in [0.05, 0.1) is 22.1 Å². The number of H-pyrrole nitrogens is 1. The van der Waals surface area contributed by atoms with Gasteiger partial charge in [-0.3, -0.25) is 4.79 Å². The minimum atomic E-state index is -0.530. The molecule has 2 rings (SSSR count). The molecule has 0 saturated carbocycles. The van der Waals surface area contributed by atoms with Gasteiger partial charge in [0.1, 0.15) is 12.4 Å². The Bertz CT molecular complexity index is 682. The standard InChI is InChI=1S/C11H11BrFN3O2S/c12-6-3-8-9(4-7(6)13)16(11(19)15-8)1-2-18-5-10(14)17/h3-4H,1-2,5H2,(H2,14,17)(H,15,19). The van der Waals surface area contributed by atoms with Gasteiger partial charge >= 0.3 is 0 Å². The number of benzene rings is 1. The van der Waals surface area contributed by atoms with E-state index in [0.29, 0.717) is 21.3 Å². The van der Waals surface area contributed by atoms with Gasteiger partial charge in [-0.2, -0.15) is 0 Å². The smallest absolute Gasteiger partial charge is 0.243 e. The number of rotatable bonds is 5. The van der Waals surface area contributed by atoms with Crippen molar-refractivity contribution in [3.05, 3.63) is 27.2 Å². The van der Waals surface area contributed by atoms with Crippen LogP contribution in [0.2, 0.25) is 0 Å². The zero-order valence-electron chi connectivity index (χ0n) is 9.78. The molecule has 0 aliphatic heterocycles. The Hall–Kier alpha value is -1.25. The third-order valence-electron chi connectivity index (χ3n) is 2.52. The Morgan fingerprint density at radius 3 is 3.00 bits per heavy atom. The summed E-state index contributed by atoms with van der Waals surface area (Å²) < 4.78 is 21.1. The summed E-state index contributed by atoms with van der Waals surface area (Å²) in [5, 5.41) is 0. The first kappa shape index (κ1) is 14.2. The zero-order valence-corrected chi connectivity index (χ0v) is 12.2. The molecule has 3 N–H and O–H groups in total. The van der Waals surface area contributed by atoms with Crippen LogP contribution in [0.1, 0.15) is 0 Å². The molecular weight excluding hydrogens is 337 g/mol. The quantitative estimate of drug-likeness (QED) is 0.642. The number of aromatic nitrogens is 2. The van der Waals surface area contributed by atoms with Crippen LogP contribution in [0.3, 0.4) is 0 Å². The van der Waals surface area contributed by atoms with Crippen molar-refractivity contribution >= 4 is 45.1 Å². The number of nitrogens with two attached hydrogens (primary N) is 1. The lowest BCUT2D eigenvalue weighted by Gasteiger charge is -2.05. The van der Waals surface area contributed by atoms with E-state index in [-0.39, 0.29) is 19.0 Å². The number of nitrogens with one attached hydrogen (secondary N) is 1. The molecule has 1 aromatic carbocycles. The number of ether oxygens (including phenoxy) is 1. The summed E-state index contributed by atoms with van der Waals surface area (Å²) in [6.07, 6.45) is 0. The van der Waals surface area contributed by atoms with E-state index in [9.17, 15) is 9.18 Å². The fourth-order valence-electron chi connectivity index (χ4n) is 1.70. The van der Waals surface area contributed by atoms with E-state index >= 15 is 0 Å². The van der Waals surface area contributed by atoms with Crippen molar-refractivity contribution in [3.8, 4) is 0 Å². The molecule has 1 amide bonds. The highest BCUT2D eigenvalue weighted by atomic mass is 79.9. The van der Waals surface area contributed by atoms with Crippen molar-refractivity contribution in [2.24, 2.45) is 5.73 Å². The summed E-state index contributed by atoms with van der Waals surface area (Å²) in [6.45, 7) is 0.532. The SMILES string of the molecule is NC(=O)COCCn1c(=S)[nH]c2cc(Br)c(F)cc21. The van der Waals surface area contributed by atoms with Crippen molar-refractivity contribution in [1.82, 2.24) is 9.55 Å². The van der Waals surface area contributed by atoms with Gasteiger partial charge in [0.2, 0.25) is 5.91 Å². The van der Waals surface area contributed by atoms with Gasteiger partial charge in [0.25, 0.3) is 0 Å². The first-order valence-electron chi connectivity index (χ1n) is 5.42. The molecule has 0 aliphatic rings. The number of fused-ring (bicyclic) bond motifs is 1. The predicted molar refractivity (Wildman–Crippen MR) is 74.8 cm³/mol. The second-order valence-corrected chi connectivity index (χ2v) is 5.13. The van der Waals surface area contributed by atoms with Gasteiger partial charge in [-0.05, 0) is 34.2 Å². The van der Waals surface area contributed by atoms with Gasteiger partial charge in [-0.1, -0.05) is 0 Å². The van der Waals surface area contributed by atoms with E-state index in [2.05, 4.69) is 20.9 Å². The van der Waals surface area contributed by atoms with Crippen LogP contribution >= 0.6 is 28.1 Å². The fraction of sp³-hybridized carbons (Fsp3) is 0.273. The largest absolute Gasteiger partial charge is 0.370 e. The number of carbonyl (C=O) groups excluding carboxylic acids is 1. The van der Waals surface area contributed by atoms with Crippen LogP contribution in [0.15, 0.2) is 16.6 Å². The second-order valence-electron chi connectivity index (χ2n) is 3.88. The Morgan fingerprint density at radius 2 is 2.32 bits per heavy atom. The number of carbonyl (C=O) groups is 1. The lowest BCUT2D eigenvalue weighted by molar-refractivity contribution is -0.122. The Morgan fingerprint density at radius 1 is 1.58 bits per heavy atom. The second kappa shape index (κ2) is 5.81. The highest BCUT2D eigenvalue weighted by Gasteiger charge is 2.08. The summed E-state index contributed by atoms with van der Waals surface area (Å²) in [5.74, 6) is -0.897. The van der Waals surface area contributed by atoms with Crippen molar-refractivity contribution in [2.45, 2.75) is 6.54 Å². The van der Waals surface area contributed by atoms with Crippen molar-refractivity contribution in [2.75, 3.05) is 13.2 Å². The first-order chi connectivity index (χ1) is 8.99. The van der Waals surface area contributed by atoms with E-state index < -0.39 is 5.91 Å². The van der Waals surface area contributed by atoms with Crippen LogP contribution in [0, 0.1) is 10.6 Å². The average molecular weight is 348 g/mol. The fourth-order valence-corrected chi connectivity index (χ4v) is 2.35. The molecule has 8 heteroatoms. The van der Waals surface area contributed by atoms with Gasteiger partial charge in [-0.15, -0.1) is 0 Å². The monoisotopic (exact) mass is 347 g/mol. The number of halogens is 2. The molecule has 1 aromatic heterocycles. The molecule has 0 unspecified atom stereocenters. The van der Waals surface area contributed by atoms with E-state index in [4.69, 9.17) is 22.7 Å². The minimum Gasteiger partial charge on any atom is -0.370 e. The van der Waals surface area contributed by atoms with E-state index in [0.717, 1.165) is 5.52 Å². The first-order valence-corrected chi connectivity index (χ1v) is 6.63. The van der Waals surface area contributed by atoms with Crippen LogP contribution in [-0.4, -0.2) is 28.7 Å². The lowest BCUT2D eigenvalue weighted by Crippen LogP contribution is -2.19. The molecular formula is C11H11BrFN3O2S. The molecule has 5 nitrogen and oxygen atoms in total. The lowest BCUT2D eigenvalue weighted by atomic mass is 10.3. The van der Waals surface area contributed by atoms with Crippen LogP contribution in [-0.2, 0) is 16.1 Å². The third-order valence-corrected chi connectivity index (χ3v) is 3.45. The molecule has 19 heavy (non-hydrogen) atoms. The van der Waals surface area contributed by atoms with Crippen LogP contribution in [0.4, 0.5) is 4.39 Å². The van der Waals surface area contributed by atoms with Crippen molar-refractivity contribution < 1.29 is 13.9 Å². The summed E-state index contributed by atoms with van der Waals surface area (Å²) in [7, 11) is 0. The maximum atomic E-state index is 13.5. The Balaban J connectivity index is 2.23. The number of hydrogen-bond acceptors (Lipinski definition) is 3. The molecule has 0 radical (unpaired) electrons. The third kappa shape index (κ3) is 3.20. The molecule has 2 aromatic rings. The molecule has 0 aliphatic carbocycles. The normalized spacial score (nSPS) is 11.1. The van der Waals surface area contributed by atoms with Gasteiger partial charge in [-0.25, -0.2) is 4.39 Å². The van der Waals surface area contributed by atoms with Gasteiger partial charge in [0.15, 0.2) is 4.77 Å². The highest BCUT2D eigenvalue weighted by Crippen LogP contribution is 2.23. The summed E-state index contributed by atoms with van der Waals surface area (Å²) in [4.78, 5) is 13.5. The molecule has 0 spiro atoms. The van der Waals surface area contributed by atoms with Gasteiger partial charge < -0.3 is 20.0 Å². The molecule has 0 saturated heterocycles. The van der Waals surface area contributed by atoms with Crippen LogP contribution < -0.4 is 5.73 Å². The maximum Gasteiger partial charge on any atom is 0.243 e. The van der Waals surface area contributed by atoms with E-state index in [1.54, 1.807) is 10.6 Å². The number of aromatic amines is 1. The van der Waals surface area contributed by atoms with E-state index in [1.807, 2.05) is 0 Å². The zero-order chi connectivity index (χ0) is 14.0. The van der Waals surface area contributed by atoms with E-state index in [1.165, 1.54) is 6.07 Å². The average Bonchev–Trinajstić information content (AvgIpc) is 2.61. The maximum absolute atomic E-state index is 13.5. The van der Waals surface area contributed by atoms with Gasteiger partial charge in [0, 0.05) is 12.6 Å². The molecule has 0 bridgehead atoms. The van der Waals surface area contributed by atoms with Crippen molar-refractivity contribution in [3.63, 3.8) is 0 Å². The molecule has 0 fully saturated rings. The van der Waals surface area contributed by atoms with Crippen molar-refractivity contribution in [1.29, 1.82) is 0 Å². The highest BCUT2D eigenvalue weighted by molar-refractivity contribution is 9.10. The number of primary amides is 1. The van der Waals surface area contributed by atoms with Crippen LogP contribution in [0.25, 0.3) is 11.0 Å². The number of nitrogens with zero attached hydrogens (tertiary/aromatic N) is 1. The predicted octanol–water partition coefficient (Wildman–Crippen LogP) is 2.10. The van der Waals surface area contributed by atoms with Crippen LogP contribution in [0.5, 0.6) is 0 Å². The molecule has 0 atom stereocenters. The number of amides is 1.